The largest absolute Gasteiger partial charge is 0.325 e. The number of amides is 1. The number of hydrogen-bond donors (Lipinski definition) is 1. The monoisotopic (exact) mass is 444 g/mol. The summed E-state index contributed by atoms with van der Waals surface area (Å²) in [6.45, 7) is 0. The summed E-state index contributed by atoms with van der Waals surface area (Å²) in [5.74, 6) is 0.134. The lowest BCUT2D eigenvalue weighted by molar-refractivity contribution is -0.113. The lowest BCUT2D eigenvalue weighted by Gasteiger charge is -2.05. The fourth-order valence-corrected chi connectivity index (χ4v) is 4.36. The molecule has 31 heavy (non-hydrogen) atoms. The number of anilines is 1. The second-order valence-electron chi connectivity index (χ2n) is 6.96. The van der Waals surface area contributed by atoms with E-state index in [0.29, 0.717) is 10.7 Å². The number of hydrogen-bond acceptors (Lipinski definition) is 4. The van der Waals surface area contributed by atoms with Gasteiger partial charge in [0.1, 0.15) is 5.03 Å². The minimum atomic E-state index is -0.107. The van der Waals surface area contributed by atoms with Gasteiger partial charge in [0.05, 0.1) is 17.0 Å². The second-order valence-corrected chi connectivity index (χ2v) is 8.36. The van der Waals surface area contributed by atoms with Gasteiger partial charge in [-0.3, -0.25) is 4.79 Å². The van der Waals surface area contributed by atoms with Crippen LogP contribution in [0.25, 0.3) is 27.5 Å². The van der Waals surface area contributed by atoms with Crippen molar-refractivity contribution in [3.63, 3.8) is 0 Å². The van der Waals surface area contributed by atoms with E-state index in [1.54, 1.807) is 30.5 Å². The molecule has 0 fully saturated rings. The number of rotatable bonds is 5. The Morgan fingerprint density at radius 3 is 2.71 bits per heavy atom. The molecular formula is C24H17ClN4OS. The van der Waals surface area contributed by atoms with Crippen molar-refractivity contribution in [3.05, 3.63) is 90.2 Å². The summed E-state index contributed by atoms with van der Waals surface area (Å²) in [7, 11) is 0. The van der Waals surface area contributed by atoms with Crippen LogP contribution in [0.5, 0.6) is 0 Å². The summed E-state index contributed by atoms with van der Waals surface area (Å²) in [5, 5.41) is 11.3. The Balaban J connectivity index is 1.40. The van der Waals surface area contributed by atoms with Crippen LogP contribution in [-0.2, 0) is 4.79 Å². The van der Waals surface area contributed by atoms with Crippen LogP contribution in [-0.4, -0.2) is 26.3 Å². The lowest BCUT2D eigenvalue weighted by atomic mass is 10.0. The van der Waals surface area contributed by atoms with E-state index in [2.05, 4.69) is 34.6 Å². The first-order valence-electron chi connectivity index (χ1n) is 9.68. The molecule has 7 heteroatoms. The number of benzene rings is 3. The molecule has 0 aliphatic carbocycles. The molecule has 0 atom stereocenters. The summed E-state index contributed by atoms with van der Waals surface area (Å²) in [5.41, 5.74) is 3.52. The highest BCUT2D eigenvalue weighted by Crippen LogP contribution is 2.30. The minimum absolute atomic E-state index is 0.107. The van der Waals surface area contributed by atoms with Gasteiger partial charge in [-0.25, -0.2) is 9.50 Å². The maximum absolute atomic E-state index is 12.4. The van der Waals surface area contributed by atoms with E-state index in [0.717, 1.165) is 27.2 Å². The highest BCUT2D eigenvalue weighted by atomic mass is 35.5. The zero-order valence-corrected chi connectivity index (χ0v) is 17.9. The maximum Gasteiger partial charge on any atom is 0.234 e. The van der Waals surface area contributed by atoms with E-state index in [-0.39, 0.29) is 11.7 Å². The number of nitrogens with zero attached hydrogens (tertiary/aromatic N) is 3. The molecule has 0 spiro atoms. The van der Waals surface area contributed by atoms with Crippen molar-refractivity contribution < 1.29 is 4.79 Å². The highest BCUT2D eigenvalue weighted by Gasteiger charge is 2.13. The first-order valence-corrected chi connectivity index (χ1v) is 11.0. The molecule has 0 bridgehead atoms. The van der Waals surface area contributed by atoms with E-state index < -0.39 is 0 Å². The number of thioether (sulfide) groups is 1. The summed E-state index contributed by atoms with van der Waals surface area (Å²) in [6.07, 6.45) is 3.52. The van der Waals surface area contributed by atoms with E-state index >= 15 is 0 Å². The van der Waals surface area contributed by atoms with Crippen molar-refractivity contribution in [1.82, 2.24) is 14.6 Å². The SMILES string of the molecule is O=C(CSc1nccn2nc(-c3cccc4ccccc34)cc12)Nc1ccc(Cl)cc1. The van der Waals surface area contributed by atoms with E-state index in [9.17, 15) is 4.79 Å². The van der Waals surface area contributed by atoms with Crippen LogP contribution in [0.3, 0.4) is 0 Å². The molecule has 0 unspecified atom stereocenters. The molecule has 2 aromatic heterocycles. The third-order valence-electron chi connectivity index (χ3n) is 4.89. The average molecular weight is 445 g/mol. The fourth-order valence-electron chi connectivity index (χ4n) is 3.45. The number of aromatic nitrogens is 3. The number of carbonyl (C=O) groups is 1. The minimum Gasteiger partial charge on any atom is -0.325 e. The van der Waals surface area contributed by atoms with E-state index in [4.69, 9.17) is 16.7 Å². The Hall–Kier alpha value is -3.35. The predicted molar refractivity (Wildman–Crippen MR) is 127 cm³/mol. The fraction of sp³-hybridized carbons (Fsp3) is 0.0417. The molecule has 0 aliphatic heterocycles. The Morgan fingerprint density at radius 1 is 1.03 bits per heavy atom. The van der Waals surface area contributed by atoms with Crippen LogP contribution >= 0.6 is 23.4 Å². The molecule has 0 aliphatic rings. The number of fused-ring (bicyclic) bond motifs is 2. The Labute approximate surface area is 188 Å². The molecule has 2 heterocycles. The Bertz CT molecular complexity index is 1390. The van der Waals surface area contributed by atoms with E-state index in [1.165, 1.54) is 17.1 Å². The Morgan fingerprint density at radius 2 is 1.84 bits per heavy atom. The van der Waals surface area contributed by atoms with Crippen LogP contribution in [0, 0.1) is 0 Å². The molecule has 5 aromatic rings. The van der Waals surface area contributed by atoms with Gasteiger partial charge in [-0.05, 0) is 41.1 Å². The third kappa shape index (κ3) is 4.13. The first-order chi connectivity index (χ1) is 15.2. The smallest absolute Gasteiger partial charge is 0.234 e. The van der Waals surface area contributed by atoms with Crippen molar-refractivity contribution in [2.45, 2.75) is 5.03 Å². The van der Waals surface area contributed by atoms with Gasteiger partial charge in [0.25, 0.3) is 0 Å². The lowest BCUT2D eigenvalue weighted by Crippen LogP contribution is -2.14. The summed E-state index contributed by atoms with van der Waals surface area (Å²) < 4.78 is 1.81. The molecule has 1 amide bonds. The van der Waals surface area contributed by atoms with Gasteiger partial charge in [0.2, 0.25) is 5.91 Å². The number of halogens is 1. The molecule has 5 rings (SSSR count). The quantitative estimate of drug-likeness (QED) is 0.341. The molecule has 3 aromatic carbocycles. The number of nitrogens with one attached hydrogen (secondary N) is 1. The average Bonchev–Trinajstić information content (AvgIpc) is 3.23. The zero-order valence-electron chi connectivity index (χ0n) is 16.3. The van der Waals surface area contributed by atoms with Crippen LogP contribution < -0.4 is 5.32 Å². The highest BCUT2D eigenvalue weighted by molar-refractivity contribution is 8.00. The molecule has 1 N–H and O–H groups in total. The zero-order chi connectivity index (χ0) is 21.2. The van der Waals surface area contributed by atoms with Gasteiger partial charge >= 0.3 is 0 Å². The van der Waals surface area contributed by atoms with Crippen molar-refractivity contribution in [1.29, 1.82) is 0 Å². The summed E-state index contributed by atoms with van der Waals surface area (Å²) >= 11 is 7.27. The van der Waals surface area contributed by atoms with Crippen LogP contribution in [0.15, 0.2) is 90.2 Å². The molecule has 0 radical (unpaired) electrons. The van der Waals surface area contributed by atoms with Crippen LogP contribution in [0.1, 0.15) is 0 Å². The topological polar surface area (TPSA) is 59.3 Å². The first kappa shape index (κ1) is 19.6. The van der Waals surface area contributed by atoms with Gasteiger partial charge in [0, 0.05) is 28.7 Å². The molecule has 0 saturated heterocycles. The van der Waals surface area contributed by atoms with Crippen molar-refractivity contribution >= 4 is 51.2 Å². The van der Waals surface area contributed by atoms with Gasteiger partial charge in [-0.1, -0.05) is 65.8 Å². The van der Waals surface area contributed by atoms with Gasteiger partial charge in [0.15, 0.2) is 0 Å². The van der Waals surface area contributed by atoms with Gasteiger partial charge in [-0.15, -0.1) is 0 Å². The van der Waals surface area contributed by atoms with Gasteiger partial charge in [-0.2, -0.15) is 5.10 Å². The maximum atomic E-state index is 12.4. The number of carbonyl (C=O) groups excluding carboxylic acids is 1. The standard InChI is InChI=1S/C24H17ClN4OS/c25-17-8-10-18(11-9-17)27-23(30)15-31-24-22-14-21(28-29(22)13-12-26-24)20-7-3-5-16-4-1-2-6-19(16)20/h1-14H,15H2,(H,27,30). The normalized spacial score (nSPS) is 11.1. The van der Waals surface area contributed by atoms with Gasteiger partial charge < -0.3 is 5.32 Å². The van der Waals surface area contributed by atoms with Crippen molar-refractivity contribution in [2.24, 2.45) is 0 Å². The third-order valence-corrected chi connectivity index (χ3v) is 6.13. The second kappa shape index (κ2) is 8.41. The van der Waals surface area contributed by atoms with E-state index in [1.807, 2.05) is 35.0 Å². The van der Waals surface area contributed by atoms with Crippen LogP contribution in [0.2, 0.25) is 5.02 Å². The van der Waals surface area contributed by atoms with Crippen molar-refractivity contribution in [3.8, 4) is 11.3 Å². The Kier molecular flexibility index (Phi) is 5.32. The molecule has 5 nitrogen and oxygen atoms in total. The molecular weight excluding hydrogens is 428 g/mol. The molecule has 0 saturated carbocycles. The van der Waals surface area contributed by atoms with Crippen molar-refractivity contribution in [2.75, 3.05) is 11.1 Å². The predicted octanol–water partition coefficient (Wildman–Crippen LogP) is 5.93. The summed E-state index contributed by atoms with van der Waals surface area (Å²) in [6, 6.07) is 23.5. The molecule has 152 valence electrons. The summed E-state index contributed by atoms with van der Waals surface area (Å²) in [4.78, 5) is 16.8. The van der Waals surface area contributed by atoms with Crippen LogP contribution in [0.4, 0.5) is 5.69 Å².